The lowest BCUT2D eigenvalue weighted by atomic mass is 10.4. The van der Waals surface area contributed by atoms with Crippen molar-refractivity contribution >= 4 is 28.6 Å². The van der Waals surface area contributed by atoms with Crippen LogP contribution in [-0.2, 0) is 0 Å². The third kappa shape index (κ3) is 8.83. The van der Waals surface area contributed by atoms with Gasteiger partial charge in [0.2, 0.25) is 0 Å². The van der Waals surface area contributed by atoms with E-state index in [1.807, 2.05) is 6.92 Å². The first kappa shape index (κ1) is 9.88. The molecule has 1 atom stereocenters. The van der Waals surface area contributed by atoms with E-state index in [1.54, 1.807) is 0 Å². The van der Waals surface area contributed by atoms with Gasteiger partial charge >= 0.3 is 0 Å². The van der Waals surface area contributed by atoms with Crippen LogP contribution < -0.4 is 5.73 Å². The van der Waals surface area contributed by atoms with Crippen LogP contribution in [0.2, 0.25) is 0 Å². The molecule has 0 radical (unpaired) electrons. The molecule has 0 aliphatic heterocycles. The molecule has 0 aliphatic rings. The summed E-state index contributed by atoms with van der Waals surface area (Å²) in [5.74, 6) is 0.556. The van der Waals surface area contributed by atoms with Gasteiger partial charge < -0.3 is 5.73 Å². The van der Waals surface area contributed by atoms with Crippen LogP contribution >= 0.6 is 28.6 Å². The van der Waals surface area contributed by atoms with E-state index in [0.717, 1.165) is 0 Å². The van der Waals surface area contributed by atoms with Crippen LogP contribution in [-0.4, -0.2) is 11.9 Å². The van der Waals surface area contributed by atoms with Crippen molar-refractivity contribution in [3.05, 3.63) is 0 Å². The highest BCUT2D eigenvalue weighted by molar-refractivity contribution is 8.93. The van der Waals surface area contributed by atoms with Gasteiger partial charge in [-0.3, -0.25) is 0 Å². The van der Waals surface area contributed by atoms with E-state index in [0.29, 0.717) is 5.88 Å². The van der Waals surface area contributed by atoms with Gasteiger partial charge in [0.15, 0.2) is 0 Å². The highest BCUT2D eigenvalue weighted by Gasteiger charge is 1.81. The van der Waals surface area contributed by atoms with Crippen molar-refractivity contribution in [2.24, 2.45) is 5.73 Å². The summed E-state index contributed by atoms with van der Waals surface area (Å²) in [6.45, 7) is 1.87. The lowest BCUT2D eigenvalue weighted by molar-refractivity contribution is 0.842. The first-order valence-corrected chi connectivity index (χ1v) is 2.12. The van der Waals surface area contributed by atoms with E-state index in [1.165, 1.54) is 0 Å². The fourth-order valence-electron chi connectivity index (χ4n) is 0. The zero-order chi connectivity index (χ0) is 4.28. The maximum atomic E-state index is 5.21. The number of alkyl halides is 1. The SMILES string of the molecule is Br.C[C@H](N)CCl. The maximum absolute atomic E-state index is 5.21. The summed E-state index contributed by atoms with van der Waals surface area (Å²) >= 11 is 5.21. The number of hydrogen-bond acceptors (Lipinski definition) is 1. The minimum Gasteiger partial charge on any atom is -0.327 e. The quantitative estimate of drug-likeness (QED) is 0.593. The van der Waals surface area contributed by atoms with Crippen LogP contribution in [0.5, 0.6) is 0 Å². The average Bonchev–Trinajstić information content (AvgIpc) is 1.38. The first-order valence-electron chi connectivity index (χ1n) is 1.59. The van der Waals surface area contributed by atoms with Crippen molar-refractivity contribution in [3.8, 4) is 0 Å². The van der Waals surface area contributed by atoms with Crippen molar-refractivity contribution in [1.82, 2.24) is 0 Å². The molecule has 40 valence electrons. The third-order valence-corrected chi connectivity index (χ3v) is 0.730. The molecule has 0 aromatic rings. The molecule has 0 aromatic heterocycles. The van der Waals surface area contributed by atoms with Crippen LogP contribution in [0.15, 0.2) is 0 Å². The Morgan fingerprint density at radius 1 is 1.83 bits per heavy atom. The second-order valence-corrected chi connectivity index (χ2v) is 1.44. The Labute approximate surface area is 53.6 Å². The number of nitrogens with two attached hydrogens (primary N) is 1. The first-order chi connectivity index (χ1) is 2.27. The second kappa shape index (κ2) is 5.73. The maximum Gasteiger partial charge on any atom is 0.0372 e. The molecule has 0 heterocycles. The van der Waals surface area contributed by atoms with E-state index in [4.69, 9.17) is 17.3 Å². The Bertz CT molecular complexity index is 24.8. The molecule has 0 aliphatic carbocycles. The predicted molar refractivity (Wildman–Crippen MR) is 34.7 cm³/mol. The molecule has 3 heteroatoms. The summed E-state index contributed by atoms with van der Waals surface area (Å²) in [7, 11) is 0. The van der Waals surface area contributed by atoms with Gasteiger partial charge in [-0.2, -0.15) is 0 Å². The van der Waals surface area contributed by atoms with Crippen molar-refractivity contribution < 1.29 is 0 Å². The lowest BCUT2D eigenvalue weighted by Crippen LogP contribution is -2.15. The molecule has 0 saturated carbocycles. The van der Waals surface area contributed by atoms with Gasteiger partial charge in [-0.15, -0.1) is 28.6 Å². The number of rotatable bonds is 1. The summed E-state index contributed by atoms with van der Waals surface area (Å²) in [5, 5.41) is 0. The van der Waals surface area contributed by atoms with Gasteiger partial charge in [-0.05, 0) is 6.92 Å². The van der Waals surface area contributed by atoms with Crippen LogP contribution in [0.25, 0.3) is 0 Å². The fourth-order valence-corrected chi connectivity index (χ4v) is 0. The van der Waals surface area contributed by atoms with E-state index in [-0.39, 0.29) is 23.0 Å². The lowest BCUT2D eigenvalue weighted by Gasteiger charge is -1.89. The van der Waals surface area contributed by atoms with Crippen molar-refractivity contribution in [3.63, 3.8) is 0 Å². The summed E-state index contributed by atoms with van der Waals surface area (Å²) in [4.78, 5) is 0. The molecular weight excluding hydrogens is 165 g/mol. The Kier molecular flexibility index (Phi) is 9.43. The Morgan fingerprint density at radius 2 is 2.00 bits per heavy atom. The average molecular weight is 174 g/mol. The molecule has 0 unspecified atom stereocenters. The predicted octanol–water partition coefficient (Wildman–Crippen LogP) is 1.15. The Hall–Kier alpha value is 0.730. The van der Waals surface area contributed by atoms with E-state index in [9.17, 15) is 0 Å². The summed E-state index contributed by atoms with van der Waals surface area (Å²) in [6.07, 6.45) is 0. The largest absolute Gasteiger partial charge is 0.327 e. The van der Waals surface area contributed by atoms with Crippen molar-refractivity contribution in [2.45, 2.75) is 13.0 Å². The molecule has 0 bridgehead atoms. The van der Waals surface area contributed by atoms with Gasteiger partial charge in [0.1, 0.15) is 0 Å². The van der Waals surface area contributed by atoms with Gasteiger partial charge in [0.25, 0.3) is 0 Å². The number of halogens is 2. The molecule has 6 heavy (non-hydrogen) atoms. The second-order valence-electron chi connectivity index (χ2n) is 1.13. The molecule has 0 aromatic carbocycles. The highest BCUT2D eigenvalue weighted by atomic mass is 79.9. The van der Waals surface area contributed by atoms with E-state index < -0.39 is 0 Å². The van der Waals surface area contributed by atoms with E-state index >= 15 is 0 Å². The molecule has 0 amide bonds. The molecule has 2 N–H and O–H groups in total. The van der Waals surface area contributed by atoms with Gasteiger partial charge in [-0.1, -0.05) is 0 Å². The molecule has 0 spiro atoms. The monoisotopic (exact) mass is 173 g/mol. The summed E-state index contributed by atoms with van der Waals surface area (Å²) in [5.41, 5.74) is 5.16. The van der Waals surface area contributed by atoms with Crippen LogP contribution in [0, 0.1) is 0 Å². The van der Waals surface area contributed by atoms with Crippen molar-refractivity contribution in [2.75, 3.05) is 5.88 Å². The van der Waals surface area contributed by atoms with Gasteiger partial charge in [-0.25, -0.2) is 0 Å². The van der Waals surface area contributed by atoms with Crippen LogP contribution in [0.4, 0.5) is 0 Å². The molecular formula is C3H9BrClN. The fraction of sp³-hybridized carbons (Fsp3) is 1.00. The topological polar surface area (TPSA) is 26.0 Å². The Morgan fingerprint density at radius 3 is 2.00 bits per heavy atom. The minimum absolute atomic E-state index is 0. The number of hydrogen-bond donors (Lipinski definition) is 1. The van der Waals surface area contributed by atoms with Gasteiger partial charge in [0.05, 0.1) is 0 Å². The van der Waals surface area contributed by atoms with E-state index in [2.05, 4.69) is 0 Å². The molecule has 1 nitrogen and oxygen atoms in total. The zero-order valence-electron chi connectivity index (χ0n) is 3.65. The van der Waals surface area contributed by atoms with Gasteiger partial charge in [0, 0.05) is 11.9 Å². The molecule has 0 rings (SSSR count). The Balaban J connectivity index is 0. The minimum atomic E-state index is 0. The van der Waals surface area contributed by atoms with Crippen LogP contribution in [0.3, 0.4) is 0 Å². The van der Waals surface area contributed by atoms with Crippen LogP contribution in [0.1, 0.15) is 6.92 Å². The highest BCUT2D eigenvalue weighted by Crippen LogP contribution is 1.76. The van der Waals surface area contributed by atoms with Crippen molar-refractivity contribution in [1.29, 1.82) is 0 Å². The standard InChI is InChI=1S/C3H8ClN.BrH/c1-3(5)2-4;/h3H,2,5H2,1H3;1H/t3-;/m0./s1. The molecule has 0 fully saturated rings. The summed E-state index contributed by atoms with van der Waals surface area (Å²) < 4.78 is 0. The smallest absolute Gasteiger partial charge is 0.0372 e. The normalized spacial score (nSPS) is 12.5. The zero-order valence-corrected chi connectivity index (χ0v) is 6.12. The molecule has 0 saturated heterocycles. The summed E-state index contributed by atoms with van der Waals surface area (Å²) in [6, 6.07) is 0.150. The third-order valence-electron chi connectivity index (χ3n) is 0.243.